The molecule has 0 aromatic heterocycles. The lowest BCUT2D eigenvalue weighted by atomic mass is 9.85. The summed E-state index contributed by atoms with van der Waals surface area (Å²) in [4.78, 5) is 53.0. The quantitative estimate of drug-likeness (QED) is 0.117. The fraction of sp³-hybridized carbons (Fsp3) is 0.317. The van der Waals surface area contributed by atoms with Crippen molar-refractivity contribution in [3.05, 3.63) is 131 Å². The first-order chi connectivity index (χ1) is 24.8. The molecule has 3 saturated heterocycles. The molecule has 2 atom stereocenters. The molecule has 0 spiro atoms. The molecule has 3 aliphatic heterocycles. The molecule has 3 aliphatic rings. The average molecular weight is 690 g/mol. The van der Waals surface area contributed by atoms with E-state index in [2.05, 4.69) is 10.2 Å². The molecule has 10 heteroatoms. The minimum absolute atomic E-state index is 0.0233. The molecule has 264 valence electrons. The number of likely N-dealkylation sites (N-methyl/N-ethyl adjacent to an activating group) is 1. The zero-order chi connectivity index (χ0) is 35.6. The fourth-order valence-electron chi connectivity index (χ4n) is 6.59. The summed E-state index contributed by atoms with van der Waals surface area (Å²) >= 11 is 0. The Hall–Kier alpha value is -5.48. The van der Waals surface area contributed by atoms with Crippen LogP contribution in [0, 0.1) is 5.92 Å². The van der Waals surface area contributed by atoms with Crippen molar-refractivity contribution in [3.63, 3.8) is 0 Å². The Bertz CT molecular complexity index is 1790. The standard InChI is InChI=1S/C41H43N3O7/c1-43(41(48)42-35-16-12-29(27-45)13-17-35)22-23-49-40(47)33-14-10-30(11-15-33)28-50-36-9-5-8-34(24-36)37(31-6-3-2-4-7-31)25-39(46)51-38-26-44-20-18-32(38)19-21-44/h2-17,24,27,32,37-38H,18-23,25-26,28H2,1H3,(H,42,48)/t37-,38-/m0/s1. The highest BCUT2D eigenvalue weighted by molar-refractivity contribution is 5.90. The van der Waals surface area contributed by atoms with Gasteiger partial charge in [-0.3, -0.25) is 14.5 Å². The highest BCUT2D eigenvalue weighted by atomic mass is 16.5. The van der Waals surface area contributed by atoms with E-state index in [4.69, 9.17) is 14.2 Å². The SMILES string of the molecule is CN(CCOC(=O)c1ccc(COc2cccc([C@@H](CC(=O)O[C@H]3CN4CCC3CC4)c3ccccc3)c2)cc1)C(=O)Nc1ccc(C=O)cc1. The zero-order valence-electron chi connectivity index (χ0n) is 28.7. The van der Waals surface area contributed by atoms with Crippen molar-refractivity contribution in [2.75, 3.05) is 45.2 Å². The zero-order valence-corrected chi connectivity index (χ0v) is 28.7. The van der Waals surface area contributed by atoms with Crippen LogP contribution in [0.25, 0.3) is 0 Å². The number of carbonyl (C=O) groups excluding carboxylic acids is 4. The van der Waals surface area contributed by atoms with Crippen molar-refractivity contribution in [2.24, 2.45) is 5.92 Å². The maximum absolute atomic E-state index is 13.3. The number of benzene rings is 4. The van der Waals surface area contributed by atoms with Gasteiger partial charge in [-0.05, 0) is 97.1 Å². The number of urea groups is 1. The third-order valence-electron chi connectivity index (χ3n) is 9.61. The summed E-state index contributed by atoms with van der Waals surface area (Å²) in [5.41, 5.74) is 4.34. The minimum atomic E-state index is -0.493. The number of anilines is 1. The maximum atomic E-state index is 13.3. The number of carbonyl (C=O) groups is 4. The van der Waals surface area contributed by atoms with Gasteiger partial charge in [0.2, 0.25) is 0 Å². The average Bonchev–Trinajstić information content (AvgIpc) is 3.17. The third-order valence-corrected chi connectivity index (χ3v) is 9.61. The molecule has 0 unspecified atom stereocenters. The van der Waals surface area contributed by atoms with Crippen LogP contribution >= 0.6 is 0 Å². The Balaban J connectivity index is 0.989. The molecule has 0 aliphatic carbocycles. The number of aldehydes is 1. The summed E-state index contributed by atoms with van der Waals surface area (Å²) in [7, 11) is 1.60. The van der Waals surface area contributed by atoms with Crippen LogP contribution in [-0.4, -0.2) is 80.0 Å². The van der Waals surface area contributed by atoms with Gasteiger partial charge in [0.1, 0.15) is 31.4 Å². The van der Waals surface area contributed by atoms with Gasteiger partial charge in [-0.25, -0.2) is 9.59 Å². The van der Waals surface area contributed by atoms with Gasteiger partial charge in [0.05, 0.1) is 18.5 Å². The van der Waals surface area contributed by atoms with Crippen molar-refractivity contribution in [1.29, 1.82) is 0 Å². The molecule has 1 N–H and O–H groups in total. The van der Waals surface area contributed by atoms with Gasteiger partial charge in [-0.1, -0.05) is 54.6 Å². The van der Waals surface area contributed by atoms with E-state index in [1.165, 1.54) is 4.90 Å². The lowest BCUT2D eigenvalue weighted by Crippen LogP contribution is -2.52. The number of nitrogens with zero attached hydrogens (tertiary/aromatic N) is 2. The topological polar surface area (TPSA) is 114 Å². The summed E-state index contributed by atoms with van der Waals surface area (Å²) < 4.78 is 17.6. The number of fused-ring (bicyclic) bond motifs is 3. The third kappa shape index (κ3) is 9.61. The van der Waals surface area contributed by atoms with E-state index in [1.54, 1.807) is 43.4 Å². The van der Waals surface area contributed by atoms with E-state index < -0.39 is 5.97 Å². The van der Waals surface area contributed by atoms with E-state index in [0.29, 0.717) is 28.5 Å². The van der Waals surface area contributed by atoms with Gasteiger partial charge in [-0.2, -0.15) is 0 Å². The molecular formula is C41H43N3O7. The molecule has 0 radical (unpaired) electrons. The minimum Gasteiger partial charge on any atom is -0.489 e. The van der Waals surface area contributed by atoms with E-state index in [-0.39, 0.29) is 50.2 Å². The number of ether oxygens (including phenoxy) is 3. The maximum Gasteiger partial charge on any atom is 0.338 e. The van der Waals surface area contributed by atoms with Crippen molar-refractivity contribution in [2.45, 2.75) is 37.9 Å². The van der Waals surface area contributed by atoms with Crippen LogP contribution in [0.4, 0.5) is 10.5 Å². The smallest absolute Gasteiger partial charge is 0.338 e. The second kappa shape index (κ2) is 17.0. The van der Waals surface area contributed by atoms with Gasteiger partial charge < -0.3 is 24.4 Å². The van der Waals surface area contributed by atoms with Crippen molar-refractivity contribution < 1.29 is 33.4 Å². The van der Waals surface area contributed by atoms with Crippen LogP contribution in [0.3, 0.4) is 0 Å². The number of piperidine rings is 3. The first-order valence-electron chi connectivity index (χ1n) is 17.4. The number of hydrogen-bond acceptors (Lipinski definition) is 8. The first kappa shape index (κ1) is 35.3. The number of rotatable bonds is 14. The molecule has 10 nitrogen and oxygen atoms in total. The van der Waals surface area contributed by atoms with Gasteiger partial charge >= 0.3 is 18.0 Å². The molecule has 4 aromatic rings. The number of amides is 2. The molecule has 2 bridgehead atoms. The monoisotopic (exact) mass is 689 g/mol. The molecule has 2 amide bonds. The van der Waals surface area contributed by atoms with Crippen LogP contribution in [0.15, 0.2) is 103 Å². The molecule has 7 rings (SSSR count). The second-order valence-electron chi connectivity index (χ2n) is 13.1. The normalized spacial score (nSPS) is 18.3. The van der Waals surface area contributed by atoms with Gasteiger partial charge in [0.25, 0.3) is 0 Å². The molecule has 4 aromatic carbocycles. The largest absolute Gasteiger partial charge is 0.489 e. The van der Waals surface area contributed by atoms with Crippen molar-refractivity contribution in [1.82, 2.24) is 9.80 Å². The summed E-state index contributed by atoms with van der Waals surface area (Å²) in [6.07, 6.45) is 3.13. The number of esters is 2. The molecule has 3 fully saturated rings. The predicted molar refractivity (Wildman–Crippen MR) is 193 cm³/mol. The number of hydrogen-bond donors (Lipinski definition) is 1. The second-order valence-corrected chi connectivity index (χ2v) is 13.1. The van der Waals surface area contributed by atoms with Gasteiger partial charge in [0, 0.05) is 30.8 Å². The highest BCUT2D eigenvalue weighted by Gasteiger charge is 2.37. The van der Waals surface area contributed by atoms with Crippen LogP contribution in [0.1, 0.15) is 62.6 Å². The Morgan fingerprint density at radius 1 is 0.902 bits per heavy atom. The summed E-state index contributed by atoms with van der Waals surface area (Å²) in [6, 6.07) is 31.0. The fourth-order valence-corrected chi connectivity index (χ4v) is 6.59. The summed E-state index contributed by atoms with van der Waals surface area (Å²) in [5, 5.41) is 2.73. The Kier molecular flexibility index (Phi) is 11.8. The van der Waals surface area contributed by atoms with E-state index in [9.17, 15) is 19.2 Å². The summed E-state index contributed by atoms with van der Waals surface area (Å²) in [6.45, 7) is 3.53. The lowest BCUT2D eigenvalue weighted by molar-refractivity contribution is -0.159. The van der Waals surface area contributed by atoms with Crippen LogP contribution < -0.4 is 10.1 Å². The molecular weight excluding hydrogens is 646 g/mol. The van der Waals surface area contributed by atoms with Crippen LogP contribution in [0.2, 0.25) is 0 Å². The van der Waals surface area contributed by atoms with Gasteiger partial charge in [-0.15, -0.1) is 0 Å². The van der Waals surface area contributed by atoms with E-state index in [0.717, 1.165) is 55.5 Å². The first-order valence-corrected chi connectivity index (χ1v) is 17.4. The molecule has 0 saturated carbocycles. The number of nitrogens with one attached hydrogen (secondary N) is 1. The van der Waals surface area contributed by atoms with Crippen LogP contribution in [0.5, 0.6) is 5.75 Å². The molecule has 51 heavy (non-hydrogen) atoms. The predicted octanol–water partition coefficient (Wildman–Crippen LogP) is 6.56. The molecule has 3 heterocycles. The summed E-state index contributed by atoms with van der Waals surface area (Å²) in [5.74, 6) is 0.286. The van der Waals surface area contributed by atoms with Gasteiger partial charge in [0.15, 0.2) is 0 Å². The lowest BCUT2D eigenvalue weighted by Gasteiger charge is -2.44. The van der Waals surface area contributed by atoms with Crippen molar-refractivity contribution >= 4 is 29.9 Å². The Morgan fingerprint density at radius 2 is 1.63 bits per heavy atom. The van der Waals surface area contributed by atoms with Crippen LogP contribution in [-0.2, 0) is 20.9 Å². The van der Waals surface area contributed by atoms with E-state index >= 15 is 0 Å². The Morgan fingerprint density at radius 3 is 2.31 bits per heavy atom. The Labute approximate surface area is 298 Å². The van der Waals surface area contributed by atoms with E-state index in [1.807, 2.05) is 66.7 Å². The highest BCUT2D eigenvalue weighted by Crippen LogP contribution is 2.33. The van der Waals surface area contributed by atoms with Crippen molar-refractivity contribution in [3.8, 4) is 5.75 Å².